The molecule has 0 amide bonds. The third-order valence-electron chi connectivity index (χ3n) is 5.04. The summed E-state index contributed by atoms with van der Waals surface area (Å²) in [6.45, 7) is 2.90. The molecule has 174 valence electrons. The van der Waals surface area contributed by atoms with Crippen molar-refractivity contribution in [2.75, 3.05) is 26.5 Å². The van der Waals surface area contributed by atoms with Gasteiger partial charge in [-0.05, 0) is 49.6 Å². The standard InChI is InChI=1S/C24H26N2O5S2/c1-14(13-29-2)30-21-10-17(31-16-4-6-18(32-3)7-5-16)8-15-9-20(26-23(15)21)24-25-12-19(33-24)11-22(27)28/h4-10,14,19,26H,11-13H2,1-3H3,(H,27,28). The predicted octanol–water partition coefficient (Wildman–Crippen LogP) is 5.43. The van der Waals surface area contributed by atoms with Crippen molar-refractivity contribution in [3.8, 4) is 17.2 Å². The fraction of sp³-hybridized carbons (Fsp3) is 0.333. The third-order valence-corrected chi connectivity index (χ3v) is 7.00. The van der Waals surface area contributed by atoms with E-state index in [0.29, 0.717) is 24.7 Å². The molecule has 2 atom stereocenters. The minimum absolute atomic E-state index is 0.0514. The molecule has 0 saturated carbocycles. The molecule has 1 aliphatic rings. The Kier molecular flexibility index (Phi) is 7.52. The molecule has 2 heterocycles. The summed E-state index contributed by atoms with van der Waals surface area (Å²) in [5.41, 5.74) is 1.68. The van der Waals surface area contributed by atoms with Crippen LogP contribution in [0.15, 0.2) is 52.4 Å². The van der Waals surface area contributed by atoms with E-state index in [1.54, 1.807) is 18.9 Å². The molecule has 0 fully saturated rings. The lowest BCUT2D eigenvalue weighted by Gasteiger charge is -2.16. The Bertz CT molecular complexity index is 1160. The van der Waals surface area contributed by atoms with Gasteiger partial charge in [-0.3, -0.25) is 9.79 Å². The molecular weight excluding hydrogens is 460 g/mol. The molecule has 0 bridgehead atoms. The number of carbonyl (C=O) groups is 1. The average molecular weight is 487 g/mol. The van der Waals surface area contributed by atoms with Crippen molar-refractivity contribution in [2.24, 2.45) is 4.99 Å². The molecule has 1 aliphatic heterocycles. The van der Waals surface area contributed by atoms with Crippen LogP contribution in [0, 0.1) is 0 Å². The van der Waals surface area contributed by atoms with Crippen LogP contribution in [0.3, 0.4) is 0 Å². The number of nitrogens with zero attached hydrogens (tertiary/aromatic N) is 1. The van der Waals surface area contributed by atoms with Crippen molar-refractivity contribution in [1.82, 2.24) is 4.98 Å². The van der Waals surface area contributed by atoms with Gasteiger partial charge in [-0.1, -0.05) is 11.8 Å². The zero-order valence-electron chi connectivity index (χ0n) is 18.7. The van der Waals surface area contributed by atoms with Gasteiger partial charge >= 0.3 is 5.97 Å². The molecule has 2 aromatic carbocycles. The van der Waals surface area contributed by atoms with Gasteiger partial charge in [0.05, 0.1) is 30.8 Å². The van der Waals surface area contributed by atoms with E-state index >= 15 is 0 Å². The van der Waals surface area contributed by atoms with Crippen LogP contribution in [0.1, 0.15) is 19.0 Å². The summed E-state index contributed by atoms with van der Waals surface area (Å²) in [5, 5.41) is 10.8. The molecule has 9 heteroatoms. The molecule has 2 N–H and O–H groups in total. The van der Waals surface area contributed by atoms with Crippen LogP contribution in [0.5, 0.6) is 17.2 Å². The normalized spacial score (nSPS) is 16.6. The smallest absolute Gasteiger partial charge is 0.304 e. The second-order valence-corrected chi connectivity index (χ2v) is 9.88. The quantitative estimate of drug-likeness (QED) is 0.369. The van der Waals surface area contributed by atoms with Gasteiger partial charge in [-0.2, -0.15) is 0 Å². The lowest BCUT2D eigenvalue weighted by atomic mass is 10.2. The second kappa shape index (κ2) is 10.5. The van der Waals surface area contributed by atoms with E-state index in [-0.39, 0.29) is 17.8 Å². The van der Waals surface area contributed by atoms with Gasteiger partial charge in [0.2, 0.25) is 0 Å². The fourth-order valence-corrected chi connectivity index (χ4v) is 5.07. The van der Waals surface area contributed by atoms with Crippen molar-refractivity contribution < 1.29 is 24.1 Å². The minimum Gasteiger partial charge on any atom is -0.486 e. The van der Waals surface area contributed by atoms with Crippen LogP contribution in [-0.2, 0) is 9.53 Å². The first-order valence-corrected chi connectivity index (χ1v) is 12.6. The topological polar surface area (TPSA) is 93.1 Å². The van der Waals surface area contributed by atoms with Crippen molar-refractivity contribution in [3.05, 3.63) is 48.2 Å². The Hall–Kier alpha value is -2.62. The van der Waals surface area contributed by atoms with E-state index in [1.807, 2.05) is 55.6 Å². The number of rotatable bonds is 10. The number of methoxy groups -OCH3 is 1. The Morgan fingerprint density at radius 1 is 1.27 bits per heavy atom. The lowest BCUT2D eigenvalue weighted by molar-refractivity contribution is -0.136. The third kappa shape index (κ3) is 5.85. The van der Waals surface area contributed by atoms with E-state index in [9.17, 15) is 4.79 Å². The summed E-state index contributed by atoms with van der Waals surface area (Å²) in [6.07, 6.45) is 1.97. The molecule has 0 aliphatic carbocycles. The first-order valence-electron chi connectivity index (χ1n) is 10.5. The molecule has 33 heavy (non-hydrogen) atoms. The lowest BCUT2D eigenvalue weighted by Crippen LogP contribution is -2.18. The number of carboxylic acids is 1. The number of hydrogen-bond acceptors (Lipinski definition) is 7. The molecule has 0 saturated heterocycles. The zero-order valence-corrected chi connectivity index (χ0v) is 20.3. The SMILES string of the molecule is COCC(C)Oc1cc(Oc2ccc(SC)cc2)cc2cc(C3=NCC(CC(=O)O)S3)[nH]c12. The number of aliphatic carboxylic acids is 1. The van der Waals surface area contributed by atoms with Crippen molar-refractivity contribution in [1.29, 1.82) is 0 Å². The molecule has 4 rings (SSSR count). The number of H-pyrrole nitrogens is 1. The summed E-state index contributed by atoms with van der Waals surface area (Å²) in [5.74, 6) is 1.25. The van der Waals surface area contributed by atoms with Gasteiger partial charge in [0.15, 0.2) is 0 Å². The Morgan fingerprint density at radius 3 is 2.76 bits per heavy atom. The highest BCUT2D eigenvalue weighted by Gasteiger charge is 2.25. The van der Waals surface area contributed by atoms with Gasteiger partial charge < -0.3 is 24.3 Å². The maximum absolute atomic E-state index is 11.0. The van der Waals surface area contributed by atoms with Crippen LogP contribution in [0.25, 0.3) is 10.9 Å². The summed E-state index contributed by atoms with van der Waals surface area (Å²) in [6, 6.07) is 13.8. The second-order valence-electron chi connectivity index (χ2n) is 7.71. The first kappa shape index (κ1) is 23.5. The van der Waals surface area contributed by atoms with E-state index in [1.165, 1.54) is 16.7 Å². The van der Waals surface area contributed by atoms with E-state index < -0.39 is 5.97 Å². The average Bonchev–Trinajstić information content (AvgIpc) is 3.41. The Morgan fingerprint density at radius 2 is 2.06 bits per heavy atom. The van der Waals surface area contributed by atoms with Crippen LogP contribution < -0.4 is 9.47 Å². The molecular formula is C24H26N2O5S2. The monoisotopic (exact) mass is 486 g/mol. The van der Waals surface area contributed by atoms with Crippen molar-refractivity contribution in [3.63, 3.8) is 0 Å². The Labute approximate surface area is 200 Å². The zero-order chi connectivity index (χ0) is 23.4. The number of aromatic amines is 1. The van der Waals surface area contributed by atoms with Gasteiger partial charge in [-0.15, -0.1) is 11.8 Å². The molecule has 1 aromatic heterocycles. The van der Waals surface area contributed by atoms with Gasteiger partial charge in [0.25, 0.3) is 0 Å². The molecule has 0 radical (unpaired) electrons. The van der Waals surface area contributed by atoms with Crippen molar-refractivity contribution in [2.45, 2.75) is 29.6 Å². The minimum atomic E-state index is -0.809. The summed E-state index contributed by atoms with van der Waals surface area (Å²) in [7, 11) is 1.64. The van der Waals surface area contributed by atoms with E-state index in [4.69, 9.17) is 19.3 Å². The number of ether oxygens (including phenoxy) is 3. The Balaban J connectivity index is 1.64. The number of hydrogen-bond donors (Lipinski definition) is 2. The number of thioether (sulfide) groups is 2. The molecule has 7 nitrogen and oxygen atoms in total. The maximum Gasteiger partial charge on any atom is 0.304 e. The number of carboxylic acid groups (broad SMARTS) is 1. The number of fused-ring (bicyclic) bond motifs is 1. The maximum atomic E-state index is 11.0. The van der Waals surface area contributed by atoms with E-state index in [0.717, 1.165) is 27.4 Å². The van der Waals surface area contributed by atoms with Gasteiger partial charge in [0.1, 0.15) is 28.4 Å². The van der Waals surface area contributed by atoms with Crippen LogP contribution in [0.2, 0.25) is 0 Å². The predicted molar refractivity (Wildman–Crippen MR) is 134 cm³/mol. The van der Waals surface area contributed by atoms with Crippen LogP contribution >= 0.6 is 23.5 Å². The highest BCUT2D eigenvalue weighted by atomic mass is 32.2. The summed E-state index contributed by atoms with van der Waals surface area (Å²) < 4.78 is 17.5. The van der Waals surface area contributed by atoms with E-state index in [2.05, 4.69) is 9.98 Å². The fourth-order valence-electron chi connectivity index (χ4n) is 3.58. The number of aliphatic imine (C=N–C) groups is 1. The van der Waals surface area contributed by atoms with Gasteiger partial charge in [-0.25, -0.2) is 0 Å². The molecule has 0 spiro atoms. The van der Waals surface area contributed by atoms with Crippen LogP contribution in [-0.4, -0.2) is 59.0 Å². The molecule has 2 unspecified atom stereocenters. The number of nitrogens with one attached hydrogen (secondary N) is 1. The molecule has 3 aromatic rings. The van der Waals surface area contributed by atoms with Crippen molar-refractivity contribution >= 4 is 45.4 Å². The number of benzene rings is 2. The van der Waals surface area contributed by atoms with Gasteiger partial charge in [0, 0.05) is 28.7 Å². The number of aromatic nitrogens is 1. The first-order chi connectivity index (χ1) is 15.9. The summed E-state index contributed by atoms with van der Waals surface area (Å²) in [4.78, 5) is 20.2. The van der Waals surface area contributed by atoms with Crippen LogP contribution in [0.4, 0.5) is 0 Å². The highest BCUT2D eigenvalue weighted by molar-refractivity contribution is 8.15. The highest BCUT2D eigenvalue weighted by Crippen LogP contribution is 2.37. The summed E-state index contributed by atoms with van der Waals surface area (Å²) >= 11 is 3.17. The largest absolute Gasteiger partial charge is 0.486 e.